The first-order valence-electron chi connectivity index (χ1n) is 4.19. The van der Waals surface area contributed by atoms with Crippen LogP contribution in [0, 0.1) is 0 Å². The first kappa shape index (κ1) is 8.15. The number of H-pyrrole nitrogens is 1. The fraction of sp³-hybridized carbons (Fsp3) is 0.714. The molecule has 0 atom stereocenters. The lowest BCUT2D eigenvalue weighted by Gasteiger charge is -2.37. The molecule has 0 unspecified atom stereocenters. The number of aromatic nitrogens is 4. The van der Waals surface area contributed by atoms with Crippen LogP contribution in [0.2, 0.25) is 0 Å². The monoisotopic (exact) mass is 182 g/mol. The first-order valence-corrected chi connectivity index (χ1v) is 4.19. The fourth-order valence-electron chi connectivity index (χ4n) is 1.76. The zero-order chi connectivity index (χ0) is 9.31. The van der Waals surface area contributed by atoms with E-state index in [1.807, 2.05) is 0 Å². The van der Waals surface area contributed by atoms with Gasteiger partial charge in [-0.15, -0.1) is 10.2 Å². The normalized spacial score (nSPS) is 19.4. The van der Waals surface area contributed by atoms with Crippen LogP contribution in [0.15, 0.2) is 0 Å². The summed E-state index contributed by atoms with van der Waals surface area (Å²) < 4.78 is 0. The number of nitrogens with one attached hydrogen (secondary N) is 1. The molecule has 13 heavy (non-hydrogen) atoms. The smallest absolute Gasteiger partial charge is 0.304 e. The Kier molecular flexibility index (Phi) is 1.75. The highest BCUT2D eigenvalue weighted by Gasteiger charge is 2.44. The number of carboxylic acids is 1. The Labute approximate surface area is 74.3 Å². The van der Waals surface area contributed by atoms with Gasteiger partial charge in [0, 0.05) is 5.41 Å². The van der Waals surface area contributed by atoms with E-state index in [0.29, 0.717) is 5.82 Å². The van der Waals surface area contributed by atoms with Gasteiger partial charge in [-0.25, -0.2) is 0 Å². The minimum Gasteiger partial charge on any atom is -0.481 e. The molecule has 1 aromatic heterocycles. The molecule has 6 heteroatoms. The number of aliphatic carboxylic acids is 1. The summed E-state index contributed by atoms with van der Waals surface area (Å²) in [6.07, 6.45) is 2.84. The van der Waals surface area contributed by atoms with E-state index in [1.165, 1.54) is 0 Å². The fourth-order valence-corrected chi connectivity index (χ4v) is 1.76. The summed E-state index contributed by atoms with van der Waals surface area (Å²) in [5.41, 5.74) is -0.348. The first-order chi connectivity index (χ1) is 6.23. The zero-order valence-electron chi connectivity index (χ0n) is 7.03. The lowest BCUT2D eigenvalue weighted by Crippen LogP contribution is -2.37. The molecule has 1 saturated carbocycles. The standard InChI is InChI=1S/C7H10N4O2/c12-5(13)4-7(2-1-3-7)6-8-10-11-9-6/h1-4H2,(H,12,13)(H,8,9,10,11). The van der Waals surface area contributed by atoms with E-state index in [2.05, 4.69) is 20.6 Å². The molecular weight excluding hydrogens is 172 g/mol. The van der Waals surface area contributed by atoms with Gasteiger partial charge in [0.1, 0.15) is 0 Å². The van der Waals surface area contributed by atoms with Gasteiger partial charge in [0.05, 0.1) is 6.42 Å². The number of carbonyl (C=O) groups is 1. The number of carboxylic acid groups (broad SMARTS) is 1. The quantitative estimate of drug-likeness (QED) is 0.691. The number of hydrogen-bond donors (Lipinski definition) is 2. The summed E-state index contributed by atoms with van der Waals surface area (Å²) in [7, 11) is 0. The largest absolute Gasteiger partial charge is 0.481 e. The third kappa shape index (κ3) is 1.28. The molecule has 0 amide bonds. The van der Waals surface area contributed by atoms with Gasteiger partial charge < -0.3 is 5.11 Å². The zero-order valence-corrected chi connectivity index (χ0v) is 7.03. The average molecular weight is 182 g/mol. The average Bonchev–Trinajstić information content (AvgIpc) is 2.48. The van der Waals surface area contributed by atoms with Crippen LogP contribution >= 0.6 is 0 Å². The van der Waals surface area contributed by atoms with Crippen molar-refractivity contribution in [2.45, 2.75) is 31.1 Å². The van der Waals surface area contributed by atoms with Crippen molar-refractivity contribution in [1.29, 1.82) is 0 Å². The molecule has 0 radical (unpaired) electrons. The predicted octanol–water partition coefficient (Wildman–Crippen LogP) is 0.0961. The number of tetrazole rings is 1. The van der Waals surface area contributed by atoms with E-state index in [1.54, 1.807) is 0 Å². The molecule has 0 saturated heterocycles. The SMILES string of the molecule is O=C(O)CC1(c2nn[nH]n2)CCC1. The molecule has 1 aliphatic carbocycles. The molecule has 1 aliphatic rings. The van der Waals surface area contributed by atoms with E-state index >= 15 is 0 Å². The van der Waals surface area contributed by atoms with Crippen LogP contribution in [-0.2, 0) is 10.2 Å². The molecule has 2 N–H and O–H groups in total. The highest BCUT2D eigenvalue weighted by molar-refractivity contribution is 5.69. The number of rotatable bonds is 3. The number of nitrogens with zero attached hydrogens (tertiary/aromatic N) is 3. The lowest BCUT2D eigenvalue weighted by atomic mass is 9.66. The molecular formula is C7H10N4O2. The predicted molar refractivity (Wildman–Crippen MR) is 42.0 cm³/mol. The van der Waals surface area contributed by atoms with Crippen LogP contribution in [0.5, 0.6) is 0 Å². The van der Waals surface area contributed by atoms with Crippen LogP contribution in [-0.4, -0.2) is 31.7 Å². The van der Waals surface area contributed by atoms with Crippen molar-refractivity contribution in [2.24, 2.45) is 0 Å². The van der Waals surface area contributed by atoms with Crippen LogP contribution in [0.4, 0.5) is 0 Å². The third-order valence-electron chi connectivity index (χ3n) is 2.62. The third-order valence-corrected chi connectivity index (χ3v) is 2.62. The van der Waals surface area contributed by atoms with Crippen LogP contribution in [0.25, 0.3) is 0 Å². The molecule has 0 spiro atoms. The van der Waals surface area contributed by atoms with E-state index in [-0.39, 0.29) is 11.8 Å². The van der Waals surface area contributed by atoms with Gasteiger partial charge in [0.25, 0.3) is 0 Å². The van der Waals surface area contributed by atoms with E-state index in [0.717, 1.165) is 19.3 Å². The van der Waals surface area contributed by atoms with Crippen molar-refractivity contribution < 1.29 is 9.90 Å². The van der Waals surface area contributed by atoms with Gasteiger partial charge in [-0.2, -0.15) is 5.21 Å². The van der Waals surface area contributed by atoms with Crippen molar-refractivity contribution in [3.63, 3.8) is 0 Å². The van der Waals surface area contributed by atoms with Crippen molar-refractivity contribution in [3.8, 4) is 0 Å². The molecule has 0 aromatic carbocycles. The van der Waals surface area contributed by atoms with Crippen molar-refractivity contribution in [2.75, 3.05) is 0 Å². The molecule has 0 aliphatic heterocycles. The summed E-state index contributed by atoms with van der Waals surface area (Å²) in [6, 6.07) is 0. The van der Waals surface area contributed by atoms with Crippen molar-refractivity contribution in [3.05, 3.63) is 5.82 Å². The second-order valence-electron chi connectivity index (χ2n) is 3.44. The number of aromatic amines is 1. The lowest BCUT2D eigenvalue weighted by molar-refractivity contribution is -0.139. The Bertz CT molecular complexity index is 304. The Balaban J connectivity index is 2.20. The molecule has 70 valence electrons. The molecule has 6 nitrogen and oxygen atoms in total. The molecule has 1 heterocycles. The van der Waals surface area contributed by atoms with Crippen LogP contribution < -0.4 is 0 Å². The highest BCUT2D eigenvalue weighted by Crippen LogP contribution is 2.44. The van der Waals surface area contributed by atoms with Crippen molar-refractivity contribution in [1.82, 2.24) is 20.6 Å². The van der Waals surface area contributed by atoms with Gasteiger partial charge in [0.2, 0.25) is 0 Å². The topological polar surface area (TPSA) is 91.8 Å². The summed E-state index contributed by atoms with van der Waals surface area (Å²) in [5.74, 6) is -0.259. The Hall–Kier alpha value is -1.46. The number of hydrogen-bond acceptors (Lipinski definition) is 4. The maximum atomic E-state index is 10.6. The minimum atomic E-state index is -0.801. The Morgan fingerprint density at radius 3 is 2.77 bits per heavy atom. The highest BCUT2D eigenvalue weighted by atomic mass is 16.4. The second kappa shape index (κ2) is 2.79. The maximum Gasteiger partial charge on any atom is 0.304 e. The molecule has 2 rings (SSSR count). The van der Waals surface area contributed by atoms with Gasteiger partial charge in [-0.05, 0) is 12.8 Å². The van der Waals surface area contributed by atoms with Gasteiger partial charge >= 0.3 is 5.97 Å². The van der Waals surface area contributed by atoms with Crippen molar-refractivity contribution >= 4 is 5.97 Å². The Morgan fingerprint density at radius 2 is 2.38 bits per heavy atom. The van der Waals surface area contributed by atoms with Crippen LogP contribution in [0.3, 0.4) is 0 Å². The Morgan fingerprint density at radius 1 is 1.62 bits per heavy atom. The van der Waals surface area contributed by atoms with E-state index in [9.17, 15) is 4.79 Å². The maximum absolute atomic E-state index is 10.6. The summed E-state index contributed by atoms with van der Waals surface area (Å²) >= 11 is 0. The molecule has 0 bridgehead atoms. The minimum absolute atomic E-state index is 0.104. The second-order valence-corrected chi connectivity index (χ2v) is 3.44. The van der Waals surface area contributed by atoms with E-state index in [4.69, 9.17) is 5.11 Å². The van der Waals surface area contributed by atoms with E-state index < -0.39 is 5.97 Å². The summed E-state index contributed by atoms with van der Waals surface area (Å²) in [6.45, 7) is 0. The summed E-state index contributed by atoms with van der Waals surface area (Å²) in [5, 5.41) is 22.2. The van der Waals surface area contributed by atoms with Gasteiger partial charge in [-0.1, -0.05) is 11.6 Å². The van der Waals surface area contributed by atoms with Gasteiger partial charge in [-0.3, -0.25) is 4.79 Å². The molecule has 1 aromatic rings. The van der Waals surface area contributed by atoms with Gasteiger partial charge in [0.15, 0.2) is 5.82 Å². The summed E-state index contributed by atoms with van der Waals surface area (Å²) in [4.78, 5) is 10.6. The molecule has 1 fully saturated rings. The van der Waals surface area contributed by atoms with Crippen LogP contribution in [0.1, 0.15) is 31.5 Å².